The summed E-state index contributed by atoms with van der Waals surface area (Å²) in [5.41, 5.74) is 1.61. The van der Waals surface area contributed by atoms with Gasteiger partial charge in [0, 0.05) is 5.69 Å². The lowest BCUT2D eigenvalue weighted by molar-refractivity contribution is -0.132. The molecule has 1 fully saturated rings. The summed E-state index contributed by atoms with van der Waals surface area (Å²) >= 11 is 25.1. The summed E-state index contributed by atoms with van der Waals surface area (Å²) in [5.74, 6) is -2.11. The van der Waals surface area contributed by atoms with Gasteiger partial charge in [0.2, 0.25) is 0 Å². The smallest absolute Gasteiger partial charge is 0.300 e. The summed E-state index contributed by atoms with van der Waals surface area (Å²) in [6.07, 6.45) is 0. The van der Waals surface area contributed by atoms with Crippen molar-refractivity contribution in [3.05, 3.63) is 90.9 Å². The van der Waals surface area contributed by atoms with Crippen molar-refractivity contribution in [3.63, 3.8) is 0 Å². The predicted octanol–water partition coefficient (Wildman–Crippen LogP) is 7.25. The molecular formula is C26H19Cl4NO5. The van der Waals surface area contributed by atoms with Crippen LogP contribution in [-0.2, 0) is 9.59 Å². The van der Waals surface area contributed by atoms with Crippen LogP contribution in [0.25, 0.3) is 5.76 Å². The van der Waals surface area contributed by atoms with E-state index in [1.54, 1.807) is 36.4 Å². The average Bonchev–Trinajstić information content (AvgIpc) is 3.10. The zero-order valence-corrected chi connectivity index (χ0v) is 22.3. The van der Waals surface area contributed by atoms with Gasteiger partial charge < -0.3 is 14.6 Å². The van der Waals surface area contributed by atoms with Gasteiger partial charge in [-0.3, -0.25) is 14.5 Å². The zero-order chi connectivity index (χ0) is 26.3. The number of ether oxygens (including phenoxy) is 2. The van der Waals surface area contributed by atoms with Gasteiger partial charge in [-0.2, -0.15) is 0 Å². The van der Waals surface area contributed by atoms with Gasteiger partial charge in [-0.05, 0) is 48.4 Å². The second-order valence-electron chi connectivity index (χ2n) is 7.97. The van der Waals surface area contributed by atoms with Crippen molar-refractivity contribution in [1.29, 1.82) is 0 Å². The van der Waals surface area contributed by atoms with Crippen LogP contribution in [-0.4, -0.2) is 31.0 Å². The van der Waals surface area contributed by atoms with Gasteiger partial charge in [0.25, 0.3) is 11.7 Å². The molecule has 10 heteroatoms. The molecule has 0 saturated carbocycles. The molecule has 36 heavy (non-hydrogen) atoms. The third kappa shape index (κ3) is 4.39. The van der Waals surface area contributed by atoms with Crippen molar-refractivity contribution >= 4 is 69.5 Å². The molecule has 0 radical (unpaired) electrons. The Kier molecular flexibility index (Phi) is 7.43. The first-order chi connectivity index (χ1) is 17.1. The second kappa shape index (κ2) is 10.2. The van der Waals surface area contributed by atoms with Gasteiger partial charge in [-0.1, -0.05) is 64.6 Å². The molecule has 1 heterocycles. The Morgan fingerprint density at radius 2 is 1.58 bits per heavy atom. The van der Waals surface area contributed by atoms with Crippen LogP contribution in [0.3, 0.4) is 0 Å². The van der Waals surface area contributed by atoms with Crippen LogP contribution >= 0.6 is 46.4 Å². The molecule has 4 rings (SSSR count). The number of carbonyl (C=O) groups is 2. The van der Waals surface area contributed by atoms with E-state index in [2.05, 4.69) is 0 Å². The van der Waals surface area contributed by atoms with Gasteiger partial charge in [0.1, 0.15) is 10.8 Å². The van der Waals surface area contributed by atoms with Crippen LogP contribution in [0.5, 0.6) is 11.5 Å². The number of aliphatic hydroxyl groups is 1. The second-order valence-corrected chi connectivity index (χ2v) is 9.57. The molecular weight excluding hydrogens is 548 g/mol. The zero-order valence-electron chi connectivity index (χ0n) is 19.2. The van der Waals surface area contributed by atoms with Crippen LogP contribution in [0.15, 0.2) is 54.1 Å². The molecule has 0 aromatic heterocycles. The van der Waals surface area contributed by atoms with Crippen LogP contribution in [0.1, 0.15) is 22.7 Å². The van der Waals surface area contributed by atoms with Gasteiger partial charge >= 0.3 is 0 Å². The number of hydrogen-bond donors (Lipinski definition) is 1. The maximum absolute atomic E-state index is 13.4. The van der Waals surface area contributed by atoms with E-state index < -0.39 is 23.5 Å². The van der Waals surface area contributed by atoms with Crippen molar-refractivity contribution in [1.82, 2.24) is 0 Å². The number of halogens is 4. The quantitative estimate of drug-likeness (QED) is 0.200. The summed E-state index contributed by atoms with van der Waals surface area (Å²) in [5, 5.41) is 12.1. The third-order valence-electron chi connectivity index (χ3n) is 5.78. The number of ketones is 1. The molecule has 0 aliphatic carbocycles. The number of aliphatic hydroxyl groups excluding tert-OH is 1. The van der Waals surface area contributed by atoms with E-state index in [1.807, 2.05) is 13.0 Å². The largest absolute Gasteiger partial charge is 0.507 e. The SMILES string of the molecule is COc1c(Cl)cc(/C(O)=C2\C(=O)C(=O)N(c3cccc(C)c3)C2c2ccc(Cl)c(Cl)c2)c(OC)c1Cl. The summed E-state index contributed by atoms with van der Waals surface area (Å²) < 4.78 is 10.6. The van der Waals surface area contributed by atoms with Gasteiger partial charge in [0.15, 0.2) is 11.5 Å². The monoisotopic (exact) mass is 565 g/mol. The number of nitrogens with zero attached hydrogens (tertiary/aromatic N) is 1. The lowest BCUT2D eigenvalue weighted by Crippen LogP contribution is -2.29. The molecule has 0 spiro atoms. The standard InChI is InChI=1S/C26H19Cl4NO5/c1-12-5-4-6-14(9-12)31-21(13-7-8-16(27)17(28)10-13)19(23(33)26(31)34)22(32)15-11-18(29)25(36-3)20(30)24(15)35-2/h4-11,21,32H,1-3H3/b22-19+. The fraction of sp³-hybridized carbons (Fsp3) is 0.154. The molecule has 186 valence electrons. The number of rotatable bonds is 5. The fourth-order valence-electron chi connectivity index (χ4n) is 4.17. The van der Waals surface area contributed by atoms with Crippen LogP contribution in [0, 0.1) is 6.92 Å². The highest BCUT2D eigenvalue weighted by Crippen LogP contribution is 2.48. The minimum Gasteiger partial charge on any atom is -0.507 e. The molecule has 1 N–H and O–H groups in total. The molecule has 1 saturated heterocycles. The predicted molar refractivity (Wildman–Crippen MR) is 142 cm³/mol. The average molecular weight is 567 g/mol. The Bertz CT molecular complexity index is 1440. The minimum atomic E-state index is -1.04. The lowest BCUT2D eigenvalue weighted by atomic mass is 9.94. The van der Waals surface area contributed by atoms with E-state index in [9.17, 15) is 14.7 Å². The normalized spacial score (nSPS) is 17.0. The number of anilines is 1. The fourth-order valence-corrected chi connectivity index (χ4v) is 5.16. The maximum atomic E-state index is 13.4. The first-order valence-electron chi connectivity index (χ1n) is 10.5. The maximum Gasteiger partial charge on any atom is 0.300 e. The van der Waals surface area contributed by atoms with Crippen molar-refractivity contribution in [2.45, 2.75) is 13.0 Å². The lowest BCUT2D eigenvalue weighted by Gasteiger charge is -2.26. The van der Waals surface area contributed by atoms with Crippen molar-refractivity contribution < 1.29 is 24.2 Å². The Hall–Kier alpha value is -2.90. The summed E-state index contributed by atoms with van der Waals surface area (Å²) in [6.45, 7) is 1.86. The van der Waals surface area contributed by atoms with Crippen LogP contribution in [0.2, 0.25) is 20.1 Å². The highest BCUT2D eigenvalue weighted by molar-refractivity contribution is 6.52. The molecule has 0 bridgehead atoms. The van der Waals surface area contributed by atoms with Crippen LogP contribution < -0.4 is 14.4 Å². The number of methoxy groups -OCH3 is 2. The van der Waals surface area contributed by atoms with Crippen molar-refractivity contribution in [2.24, 2.45) is 0 Å². The Balaban J connectivity index is 2.04. The molecule has 3 aromatic carbocycles. The van der Waals surface area contributed by atoms with Gasteiger partial charge in [-0.25, -0.2) is 0 Å². The first-order valence-corrected chi connectivity index (χ1v) is 12.0. The van der Waals surface area contributed by atoms with E-state index in [0.29, 0.717) is 16.3 Å². The van der Waals surface area contributed by atoms with Crippen molar-refractivity contribution in [3.8, 4) is 11.5 Å². The van der Waals surface area contributed by atoms with E-state index in [-0.39, 0.29) is 37.7 Å². The Labute approximate surface area is 227 Å². The van der Waals surface area contributed by atoms with E-state index in [4.69, 9.17) is 55.9 Å². The highest BCUT2D eigenvalue weighted by atomic mass is 35.5. The topological polar surface area (TPSA) is 76.1 Å². The summed E-state index contributed by atoms with van der Waals surface area (Å²) in [6, 6.07) is 12.1. The third-order valence-corrected chi connectivity index (χ3v) is 7.14. The molecule has 6 nitrogen and oxygen atoms in total. The van der Waals surface area contributed by atoms with E-state index in [0.717, 1.165) is 5.56 Å². The van der Waals surface area contributed by atoms with Crippen molar-refractivity contribution in [2.75, 3.05) is 19.1 Å². The molecule has 1 atom stereocenters. The number of amides is 1. The molecule has 1 aliphatic heterocycles. The van der Waals surface area contributed by atoms with E-state index in [1.165, 1.54) is 25.2 Å². The number of carbonyl (C=O) groups excluding carboxylic acids is 2. The van der Waals surface area contributed by atoms with Crippen LogP contribution in [0.4, 0.5) is 5.69 Å². The Morgan fingerprint density at radius 3 is 2.19 bits per heavy atom. The van der Waals surface area contributed by atoms with Gasteiger partial charge in [-0.15, -0.1) is 0 Å². The van der Waals surface area contributed by atoms with Gasteiger partial charge in [0.05, 0.1) is 46.5 Å². The minimum absolute atomic E-state index is 0.00644. The molecule has 3 aromatic rings. The Morgan fingerprint density at radius 1 is 0.889 bits per heavy atom. The molecule has 1 aliphatic rings. The molecule has 1 unspecified atom stereocenters. The number of hydrogen-bond acceptors (Lipinski definition) is 5. The molecule has 1 amide bonds. The summed E-state index contributed by atoms with van der Waals surface area (Å²) in [4.78, 5) is 28.1. The number of benzene rings is 3. The van der Waals surface area contributed by atoms with E-state index >= 15 is 0 Å². The highest BCUT2D eigenvalue weighted by Gasteiger charge is 2.47. The first kappa shape index (κ1) is 26.2. The number of Topliss-reactive ketones (excluding diaryl/α,β-unsaturated/α-hetero) is 1. The number of aryl methyl sites for hydroxylation is 1. The summed E-state index contributed by atoms with van der Waals surface area (Å²) in [7, 11) is 2.72.